The van der Waals surface area contributed by atoms with Crippen LogP contribution in [0.1, 0.15) is 25.0 Å². The molecule has 0 aliphatic rings. The number of nitrogens with one attached hydrogen (secondary N) is 1. The van der Waals surface area contributed by atoms with Crippen LogP contribution in [0.5, 0.6) is 11.5 Å². The zero-order chi connectivity index (χ0) is 22.2. The second-order valence-corrected chi connectivity index (χ2v) is 7.89. The molecule has 3 aromatic carbocycles. The number of ether oxygens (including phenoxy) is 2. The minimum atomic E-state index is -0.110. The Morgan fingerprint density at radius 2 is 1.87 bits per heavy atom. The highest BCUT2D eigenvalue weighted by Gasteiger charge is 2.13. The van der Waals surface area contributed by atoms with Crippen molar-refractivity contribution in [1.29, 1.82) is 0 Å². The van der Waals surface area contributed by atoms with Crippen LogP contribution in [0.25, 0.3) is 0 Å². The number of rotatable bonds is 8. The molecule has 0 bridgehead atoms. The summed E-state index contributed by atoms with van der Waals surface area (Å²) in [6, 6.07) is 18.6. The van der Waals surface area contributed by atoms with Crippen LogP contribution in [0.4, 0.5) is 11.4 Å². The molecule has 0 saturated carbocycles. The maximum atomic E-state index is 11.1. The Kier molecular flexibility index (Phi) is 8.09. The average Bonchev–Trinajstić information content (AvgIpc) is 2.73. The molecular formula is C24H22BrClN2O3. The summed E-state index contributed by atoms with van der Waals surface area (Å²) in [4.78, 5) is 15.6. The van der Waals surface area contributed by atoms with E-state index in [2.05, 4.69) is 26.2 Å². The van der Waals surface area contributed by atoms with Crippen molar-refractivity contribution in [3.63, 3.8) is 0 Å². The van der Waals surface area contributed by atoms with Crippen molar-refractivity contribution in [3.05, 3.63) is 81.3 Å². The van der Waals surface area contributed by atoms with Crippen LogP contribution >= 0.6 is 27.5 Å². The first-order valence-corrected chi connectivity index (χ1v) is 10.9. The Bertz CT molecular complexity index is 1080. The third kappa shape index (κ3) is 6.57. The zero-order valence-corrected chi connectivity index (χ0v) is 19.5. The lowest BCUT2D eigenvalue weighted by molar-refractivity contribution is -0.114. The first-order valence-electron chi connectivity index (χ1n) is 9.70. The quantitative estimate of drug-likeness (QED) is 0.346. The van der Waals surface area contributed by atoms with Crippen molar-refractivity contribution in [2.75, 3.05) is 11.9 Å². The van der Waals surface area contributed by atoms with E-state index < -0.39 is 0 Å². The molecule has 1 N–H and O–H groups in total. The number of hydrogen-bond acceptors (Lipinski definition) is 4. The Labute approximate surface area is 195 Å². The fourth-order valence-electron chi connectivity index (χ4n) is 2.81. The minimum absolute atomic E-state index is 0.110. The van der Waals surface area contributed by atoms with Crippen molar-refractivity contribution in [2.24, 2.45) is 4.99 Å². The number of aliphatic imine (C=N–C) groups is 1. The van der Waals surface area contributed by atoms with Gasteiger partial charge in [-0.2, -0.15) is 0 Å². The van der Waals surface area contributed by atoms with Crippen LogP contribution in [0.2, 0.25) is 5.02 Å². The largest absolute Gasteiger partial charge is 0.490 e. The molecule has 0 unspecified atom stereocenters. The van der Waals surface area contributed by atoms with Crippen molar-refractivity contribution in [2.45, 2.75) is 20.5 Å². The van der Waals surface area contributed by atoms with Crippen molar-refractivity contribution in [1.82, 2.24) is 0 Å². The molecule has 0 saturated heterocycles. The summed E-state index contributed by atoms with van der Waals surface area (Å²) >= 11 is 9.81. The SMILES string of the molecule is CCOc1cc(C=Nc2ccc(NC(C)=O)cc2)cc(Br)c1OCc1ccccc1Cl. The Morgan fingerprint density at radius 3 is 2.55 bits per heavy atom. The molecule has 0 radical (unpaired) electrons. The van der Waals surface area contributed by atoms with Gasteiger partial charge in [0.1, 0.15) is 6.61 Å². The van der Waals surface area contributed by atoms with E-state index >= 15 is 0 Å². The van der Waals surface area contributed by atoms with Gasteiger partial charge in [-0.3, -0.25) is 9.79 Å². The zero-order valence-electron chi connectivity index (χ0n) is 17.2. The lowest BCUT2D eigenvalue weighted by Gasteiger charge is -2.15. The number of carbonyl (C=O) groups excluding carboxylic acids is 1. The monoisotopic (exact) mass is 500 g/mol. The maximum Gasteiger partial charge on any atom is 0.221 e. The summed E-state index contributed by atoms with van der Waals surface area (Å²) in [5.74, 6) is 1.12. The molecule has 0 fully saturated rings. The molecule has 0 spiro atoms. The lowest BCUT2D eigenvalue weighted by atomic mass is 10.2. The number of carbonyl (C=O) groups is 1. The Balaban J connectivity index is 1.78. The molecule has 7 heteroatoms. The van der Waals surface area contributed by atoms with Crippen molar-refractivity contribution in [3.8, 4) is 11.5 Å². The maximum absolute atomic E-state index is 11.1. The number of anilines is 1. The summed E-state index contributed by atoms with van der Waals surface area (Å²) in [5, 5.41) is 3.39. The van der Waals surface area contributed by atoms with E-state index in [0.717, 1.165) is 27.0 Å². The normalized spacial score (nSPS) is 10.8. The van der Waals surface area contributed by atoms with Crippen LogP contribution in [0.15, 0.2) is 70.1 Å². The minimum Gasteiger partial charge on any atom is -0.490 e. The van der Waals surface area contributed by atoms with Crippen LogP contribution in [0, 0.1) is 0 Å². The van der Waals surface area contributed by atoms with E-state index in [1.807, 2.05) is 55.5 Å². The highest BCUT2D eigenvalue weighted by Crippen LogP contribution is 2.37. The highest BCUT2D eigenvalue weighted by molar-refractivity contribution is 9.10. The summed E-state index contributed by atoms with van der Waals surface area (Å²) in [7, 11) is 0. The van der Waals surface area contributed by atoms with Gasteiger partial charge in [-0.1, -0.05) is 29.8 Å². The Morgan fingerprint density at radius 1 is 1.13 bits per heavy atom. The van der Waals surface area contributed by atoms with E-state index in [1.54, 1.807) is 18.3 Å². The van der Waals surface area contributed by atoms with Gasteiger partial charge in [0.25, 0.3) is 0 Å². The van der Waals surface area contributed by atoms with Gasteiger partial charge >= 0.3 is 0 Å². The second-order valence-electron chi connectivity index (χ2n) is 6.63. The summed E-state index contributed by atoms with van der Waals surface area (Å²) < 4.78 is 12.6. The summed E-state index contributed by atoms with van der Waals surface area (Å²) in [6.45, 7) is 4.22. The molecule has 1 amide bonds. The van der Waals surface area contributed by atoms with Gasteiger partial charge in [0.05, 0.1) is 16.8 Å². The van der Waals surface area contributed by atoms with Crippen molar-refractivity contribution >= 4 is 51.0 Å². The van der Waals surface area contributed by atoms with Gasteiger partial charge in [-0.25, -0.2) is 0 Å². The molecule has 31 heavy (non-hydrogen) atoms. The molecule has 0 heterocycles. The summed E-state index contributed by atoms with van der Waals surface area (Å²) in [5.41, 5.74) is 3.24. The molecule has 5 nitrogen and oxygen atoms in total. The molecular weight excluding hydrogens is 480 g/mol. The van der Waals surface area contributed by atoms with E-state index in [1.165, 1.54) is 6.92 Å². The predicted octanol–water partition coefficient (Wildman–Crippen LogP) is 6.79. The van der Waals surface area contributed by atoms with Crippen LogP contribution < -0.4 is 14.8 Å². The fraction of sp³-hybridized carbons (Fsp3) is 0.167. The third-order valence-electron chi connectivity index (χ3n) is 4.21. The first-order chi connectivity index (χ1) is 15.0. The number of benzene rings is 3. The first kappa shape index (κ1) is 22.8. The Hall–Kier alpha value is -2.83. The van der Waals surface area contributed by atoms with Gasteiger partial charge in [-0.15, -0.1) is 0 Å². The molecule has 0 aromatic heterocycles. The highest BCUT2D eigenvalue weighted by atomic mass is 79.9. The predicted molar refractivity (Wildman–Crippen MR) is 129 cm³/mol. The molecule has 3 rings (SSSR count). The summed E-state index contributed by atoms with van der Waals surface area (Å²) in [6.07, 6.45) is 1.75. The number of nitrogens with zero attached hydrogens (tertiary/aromatic N) is 1. The molecule has 0 aliphatic heterocycles. The van der Waals surface area contributed by atoms with Gasteiger partial charge in [0, 0.05) is 29.4 Å². The van der Waals surface area contributed by atoms with Gasteiger partial charge in [-0.05, 0) is 70.9 Å². The standard InChI is InChI=1S/C24H22BrClN2O3/c1-3-30-23-13-17(14-27-19-8-10-20(11-9-19)28-16(2)29)12-21(25)24(23)31-15-18-6-4-5-7-22(18)26/h4-14H,3,15H2,1-2H3,(H,28,29). The topological polar surface area (TPSA) is 59.9 Å². The van der Waals surface area contributed by atoms with E-state index in [4.69, 9.17) is 21.1 Å². The van der Waals surface area contributed by atoms with E-state index in [-0.39, 0.29) is 5.91 Å². The number of amides is 1. The van der Waals surface area contributed by atoms with Crippen LogP contribution in [-0.4, -0.2) is 18.7 Å². The van der Waals surface area contributed by atoms with E-state index in [9.17, 15) is 4.79 Å². The van der Waals surface area contributed by atoms with Gasteiger partial charge in [0.2, 0.25) is 5.91 Å². The second kappa shape index (κ2) is 11.0. The van der Waals surface area contributed by atoms with Crippen LogP contribution in [-0.2, 0) is 11.4 Å². The lowest BCUT2D eigenvalue weighted by Crippen LogP contribution is -2.04. The fourth-order valence-corrected chi connectivity index (χ4v) is 3.58. The number of hydrogen-bond donors (Lipinski definition) is 1. The van der Waals surface area contributed by atoms with Gasteiger partial charge in [0.15, 0.2) is 11.5 Å². The molecule has 3 aromatic rings. The van der Waals surface area contributed by atoms with Crippen LogP contribution in [0.3, 0.4) is 0 Å². The average molecular weight is 502 g/mol. The smallest absolute Gasteiger partial charge is 0.221 e. The van der Waals surface area contributed by atoms with E-state index in [0.29, 0.717) is 29.7 Å². The van der Waals surface area contributed by atoms with Crippen molar-refractivity contribution < 1.29 is 14.3 Å². The van der Waals surface area contributed by atoms with Gasteiger partial charge < -0.3 is 14.8 Å². The molecule has 160 valence electrons. The third-order valence-corrected chi connectivity index (χ3v) is 5.17. The molecule has 0 atom stereocenters. The molecule has 0 aliphatic carbocycles. The number of halogens is 2.